The van der Waals surface area contributed by atoms with Crippen molar-refractivity contribution in [3.63, 3.8) is 0 Å². The monoisotopic (exact) mass is 247 g/mol. The molecule has 92 valence electrons. The first-order valence-corrected chi connectivity index (χ1v) is 5.56. The van der Waals surface area contributed by atoms with Crippen molar-refractivity contribution in [2.24, 2.45) is 0 Å². The fourth-order valence-electron chi connectivity index (χ4n) is 2.15. The van der Waals surface area contributed by atoms with E-state index >= 15 is 0 Å². The van der Waals surface area contributed by atoms with Crippen LogP contribution in [-0.2, 0) is 0 Å². The second-order valence-electron chi connectivity index (χ2n) is 4.39. The first kappa shape index (κ1) is 10.9. The number of aromatic nitrogens is 1. The van der Waals surface area contributed by atoms with Crippen LogP contribution in [0.4, 0.5) is 15.8 Å². The average Bonchev–Trinajstić information content (AvgIpc) is 3.04. The minimum absolute atomic E-state index is 0.0103. The fraction of sp³-hybridized carbons (Fsp3) is 0.250. The molecule has 1 aromatic heterocycles. The summed E-state index contributed by atoms with van der Waals surface area (Å²) in [7, 11) is 0. The summed E-state index contributed by atoms with van der Waals surface area (Å²) in [5.41, 5.74) is 6.39. The van der Waals surface area contributed by atoms with E-state index in [2.05, 4.69) is 4.98 Å². The van der Waals surface area contributed by atoms with Gasteiger partial charge < -0.3 is 5.73 Å². The van der Waals surface area contributed by atoms with Gasteiger partial charge in [-0.25, -0.2) is 9.37 Å². The Kier molecular flexibility index (Phi) is 2.19. The van der Waals surface area contributed by atoms with Crippen LogP contribution < -0.4 is 5.73 Å². The molecule has 1 aromatic carbocycles. The van der Waals surface area contributed by atoms with Crippen LogP contribution >= 0.6 is 0 Å². The summed E-state index contributed by atoms with van der Waals surface area (Å²) in [6.45, 7) is 0. The normalized spacial score (nSPS) is 22.1. The zero-order valence-electron chi connectivity index (χ0n) is 9.34. The topological polar surface area (TPSA) is 82.0 Å². The fourth-order valence-corrected chi connectivity index (χ4v) is 2.15. The van der Waals surface area contributed by atoms with Crippen molar-refractivity contribution in [3.8, 4) is 0 Å². The maximum Gasteiger partial charge on any atom is 0.303 e. The molecular formula is C12H10FN3O2. The first-order chi connectivity index (χ1) is 8.59. The number of rotatable bonds is 2. The number of alkyl halides is 1. The van der Waals surface area contributed by atoms with Crippen LogP contribution in [0, 0.1) is 10.1 Å². The van der Waals surface area contributed by atoms with Gasteiger partial charge >= 0.3 is 5.69 Å². The van der Waals surface area contributed by atoms with Gasteiger partial charge in [-0.3, -0.25) is 10.1 Å². The first-order valence-electron chi connectivity index (χ1n) is 5.56. The summed E-state index contributed by atoms with van der Waals surface area (Å²) in [5.74, 6) is -0.395. The number of anilines is 1. The van der Waals surface area contributed by atoms with Crippen molar-refractivity contribution < 1.29 is 9.31 Å². The lowest BCUT2D eigenvalue weighted by Gasteiger charge is -2.07. The highest BCUT2D eigenvalue weighted by Crippen LogP contribution is 2.47. The van der Waals surface area contributed by atoms with Crippen LogP contribution in [0.15, 0.2) is 24.3 Å². The predicted molar refractivity (Wildman–Crippen MR) is 65.1 cm³/mol. The second kappa shape index (κ2) is 3.63. The van der Waals surface area contributed by atoms with E-state index in [4.69, 9.17) is 5.73 Å². The van der Waals surface area contributed by atoms with Crippen molar-refractivity contribution in [2.75, 3.05) is 5.73 Å². The summed E-state index contributed by atoms with van der Waals surface area (Å²) in [5, 5.41) is 11.5. The predicted octanol–water partition coefficient (Wildman–Crippen LogP) is 2.55. The highest BCUT2D eigenvalue weighted by Gasteiger charge is 2.43. The smallest absolute Gasteiger partial charge is 0.303 e. The van der Waals surface area contributed by atoms with Crippen LogP contribution in [0.2, 0.25) is 0 Å². The van der Waals surface area contributed by atoms with Crippen molar-refractivity contribution in [3.05, 3.63) is 40.1 Å². The zero-order chi connectivity index (χ0) is 12.9. The van der Waals surface area contributed by atoms with Crippen LogP contribution in [0.25, 0.3) is 10.9 Å². The summed E-state index contributed by atoms with van der Waals surface area (Å²) >= 11 is 0. The number of fused-ring (bicyclic) bond motifs is 1. The average molecular weight is 247 g/mol. The van der Waals surface area contributed by atoms with E-state index in [0.29, 0.717) is 23.0 Å². The number of nitrogens with zero attached hydrogens (tertiary/aromatic N) is 2. The Morgan fingerprint density at radius 3 is 2.72 bits per heavy atom. The van der Waals surface area contributed by atoms with Gasteiger partial charge in [-0.1, -0.05) is 12.1 Å². The number of hydrogen-bond donors (Lipinski definition) is 1. The van der Waals surface area contributed by atoms with Crippen LogP contribution in [0.5, 0.6) is 0 Å². The van der Waals surface area contributed by atoms with E-state index in [1.807, 2.05) is 0 Å². The number of hydrogen-bond acceptors (Lipinski definition) is 4. The van der Waals surface area contributed by atoms with Gasteiger partial charge in [-0.2, -0.15) is 0 Å². The van der Waals surface area contributed by atoms with E-state index in [1.165, 1.54) is 0 Å². The molecule has 2 atom stereocenters. The molecule has 0 amide bonds. The van der Waals surface area contributed by atoms with Gasteiger partial charge in [0.2, 0.25) is 0 Å². The van der Waals surface area contributed by atoms with Gasteiger partial charge in [0.25, 0.3) is 0 Å². The van der Waals surface area contributed by atoms with E-state index < -0.39 is 17.0 Å². The number of nitro groups is 1. The van der Waals surface area contributed by atoms with E-state index in [0.717, 1.165) is 0 Å². The van der Waals surface area contributed by atoms with Gasteiger partial charge in [0.1, 0.15) is 11.9 Å². The Hall–Kier alpha value is -2.24. The third-order valence-electron chi connectivity index (χ3n) is 3.18. The lowest BCUT2D eigenvalue weighted by molar-refractivity contribution is -0.382. The molecule has 5 nitrogen and oxygen atoms in total. The van der Waals surface area contributed by atoms with Gasteiger partial charge in [0.05, 0.1) is 21.5 Å². The van der Waals surface area contributed by atoms with Crippen molar-refractivity contribution in [2.45, 2.75) is 18.5 Å². The Balaban J connectivity index is 2.33. The molecule has 6 heteroatoms. The van der Waals surface area contributed by atoms with Crippen molar-refractivity contribution in [1.82, 2.24) is 4.98 Å². The Labute approximate surface area is 102 Å². The Morgan fingerprint density at radius 1 is 1.44 bits per heavy atom. The summed E-state index contributed by atoms with van der Waals surface area (Å²) in [6.07, 6.45) is -0.646. The number of halogens is 1. The lowest BCUT2D eigenvalue weighted by atomic mass is 10.1. The number of benzene rings is 1. The Morgan fingerprint density at radius 2 is 2.11 bits per heavy atom. The molecule has 1 aliphatic carbocycles. The number of para-hydroxylation sites is 1. The molecular weight excluding hydrogens is 237 g/mol. The standard InChI is InChI=1S/C12H10FN3O2/c13-8-5-7(8)11-10(14)12(16(17)18)6-3-1-2-4-9(6)15-11/h1-4,7-8H,5,14H2. The summed E-state index contributed by atoms with van der Waals surface area (Å²) in [4.78, 5) is 14.8. The summed E-state index contributed by atoms with van der Waals surface area (Å²) in [6, 6.07) is 6.69. The van der Waals surface area contributed by atoms with Crippen molar-refractivity contribution >= 4 is 22.3 Å². The molecule has 0 spiro atoms. The third-order valence-corrected chi connectivity index (χ3v) is 3.18. The molecule has 1 fully saturated rings. The largest absolute Gasteiger partial charge is 0.392 e. The van der Waals surface area contributed by atoms with Gasteiger partial charge in [-0.05, 0) is 18.6 Å². The van der Waals surface area contributed by atoms with Gasteiger partial charge in [0, 0.05) is 5.92 Å². The third kappa shape index (κ3) is 1.49. The molecule has 1 saturated carbocycles. The van der Waals surface area contributed by atoms with Crippen LogP contribution in [0.3, 0.4) is 0 Å². The molecule has 2 aromatic rings. The molecule has 2 N–H and O–H groups in total. The second-order valence-corrected chi connectivity index (χ2v) is 4.39. The van der Waals surface area contributed by atoms with Gasteiger partial charge in [0.15, 0.2) is 0 Å². The zero-order valence-corrected chi connectivity index (χ0v) is 9.34. The number of pyridine rings is 1. The maximum absolute atomic E-state index is 13.1. The number of nitrogens with two attached hydrogens (primary N) is 1. The minimum atomic E-state index is -0.986. The maximum atomic E-state index is 13.1. The molecule has 1 aliphatic rings. The Bertz CT molecular complexity index is 659. The SMILES string of the molecule is Nc1c(C2CC2F)nc2ccccc2c1[N+](=O)[O-]. The van der Waals surface area contributed by atoms with E-state index in [-0.39, 0.29) is 11.4 Å². The number of nitrogen functional groups attached to an aromatic ring is 1. The summed E-state index contributed by atoms with van der Waals surface area (Å²) < 4.78 is 13.1. The van der Waals surface area contributed by atoms with Crippen LogP contribution in [-0.4, -0.2) is 16.1 Å². The minimum Gasteiger partial charge on any atom is -0.392 e. The molecule has 0 radical (unpaired) electrons. The van der Waals surface area contributed by atoms with Crippen LogP contribution in [0.1, 0.15) is 18.0 Å². The highest BCUT2D eigenvalue weighted by atomic mass is 19.1. The molecule has 2 unspecified atom stereocenters. The van der Waals surface area contributed by atoms with E-state index in [9.17, 15) is 14.5 Å². The molecule has 18 heavy (non-hydrogen) atoms. The van der Waals surface area contributed by atoms with Crippen molar-refractivity contribution in [1.29, 1.82) is 0 Å². The molecule has 1 heterocycles. The quantitative estimate of drug-likeness (QED) is 0.653. The highest BCUT2D eigenvalue weighted by molar-refractivity contribution is 5.94. The lowest BCUT2D eigenvalue weighted by Crippen LogP contribution is -2.04. The molecule has 0 aliphatic heterocycles. The van der Waals surface area contributed by atoms with E-state index in [1.54, 1.807) is 24.3 Å². The molecule has 0 bridgehead atoms. The molecule has 3 rings (SSSR count). The molecule has 0 saturated heterocycles. The van der Waals surface area contributed by atoms with Gasteiger partial charge in [-0.15, -0.1) is 0 Å².